The second-order valence-corrected chi connectivity index (χ2v) is 8.59. The van der Waals surface area contributed by atoms with Crippen LogP contribution >= 0.6 is 39.3 Å². The van der Waals surface area contributed by atoms with Gasteiger partial charge in [-0.25, -0.2) is 4.39 Å². The largest absolute Gasteiger partial charge is 0.325 e. The third-order valence-electron chi connectivity index (χ3n) is 4.19. The third kappa shape index (κ3) is 5.12. The predicted molar refractivity (Wildman–Crippen MR) is 123 cm³/mol. The van der Waals surface area contributed by atoms with E-state index in [2.05, 4.69) is 36.4 Å². The Kier molecular flexibility index (Phi) is 6.64. The highest BCUT2D eigenvalue weighted by Crippen LogP contribution is 2.28. The first-order chi connectivity index (χ1) is 15.0. The summed E-state index contributed by atoms with van der Waals surface area (Å²) in [7, 11) is 0. The van der Waals surface area contributed by atoms with Crippen LogP contribution in [0.15, 0.2) is 76.6 Å². The maximum Gasteiger partial charge on any atom is 0.234 e. The number of pyridine rings is 1. The van der Waals surface area contributed by atoms with Gasteiger partial charge in [0.2, 0.25) is 5.91 Å². The van der Waals surface area contributed by atoms with E-state index in [0.717, 1.165) is 15.7 Å². The number of hydrogen-bond donors (Lipinski definition) is 1. The molecule has 0 bridgehead atoms. The Morgan fingerprint density at radius 2 is 1.84 bits per heavy atom. The van der Waals surface area contributed by atoms with Gasteiger partial charge >= 0.3 is 0 Å². The molecule has 2 aromatic heterocycles. The maximum absolute atomic E-state index is 13.3. The zero-order chi connectivity index (χ0) is 21.8. The monoisotopic (exact) mass is 517 g/mol. The summed E-state index contributed by atoms with van der Waals surface area (Å²) < 4.78 is 16.1. The number of thioether (sulfide) groups is 1. The summed E-state index contributed by atoms with van der Waals surface area (Å²) in [5, 5.41) is 11.8. The van der Waals surface area contributed by atoms with E-state index in [1.165, 1.54) is 30.0 Å². The van der Waals surface area contributed by atoms with Gasteiger partial charge in [0.05, 0.1) is 10.8 Å². The number of carbonyl (C=O) groups excluding carboxylic acids is 1. The van der Waals surface area contributed by atoms with Crippen LogP contribution in [0.3, 0.4) is 0 Å². The second-order valence-electron chi connectivity index (χ2n) is 6.32. The standard InChI is InChI=1S/C21H14BrClFN5OS/c22-14-1-4-16(5-2-14)29-20(13-7-9-25-10-8-13)27-28-21(29)31-12-19(30)26-15-3-6-18(24)17(23)11-15/h1-11H,12H2,(H,26,30). The van der Waals surface area contributed by atoms with Crippen molar-refractivity contribution in [3.63, 3.8) is 0 Å². The molecule has 0 saturated carbocycles. The van der Waals surface area contributed by atoms with Gasteiger partial charge < -0.3 is 5.32 Å². The van der Waals surface area contributed by atoms with E-state index in [0.29, 0.717) is 16.7 Å². The van der Waals surface area contributed by atoms with Crippen molar-refractivity contribution in [1.82, 2.24) is 19.7 Å². The summed E-state index contributed by atoms with van der Waals surface area (Å²) in [5.41, 5.74) is 2.12. The van der Waals surface area contributed by atoms with Crippen LogP contribution in [-0.2, 0) is 4.79 Å². The Morgan fingerprint density at radius 1 is 1.10 bits per heavy atom. The van der Waals surface area contributed by atoms with Gasteiger partial charge in [-0.3, -0.25) is 14.3 Å². The van der Waals surface area contributed by atoms with Gasteiger partial charge in [0.25, 0.3) is 0 Å². The van der Waals surface area contributed by atoms with Crippen molar-refractivity contribution in [2.75, 3.05) is 11.1 Å². The van der Waals surface area contributed by atoms with Crippen molar-refractivity contribution < 1.29 is 9.18 Å². The van der Waals surface area contributed by atoms with Crippen LogP contribution in [0, 0.1) is 5.82 Å². The number of hydrogen-bond acceptors (Lipinski definition) is 5. The minimum absolute atomic E-state index is 0.0533. The quantitative estimate of drug-likeness (QED) is 0.336. The van der Waals surface area contributed by atoms with E-state index >= 15 is 0 Å². The number of aromatic nitrogens is 4. The van der Waals surface area contributed by atoms with Crippen molar-refractivity contribution in [3.8, 4) is 17.1 Å². The molecule has 0 aliphatic carbocycles. The molecule has 0 fully saturated rings. The minimum Gasteiger partial charge on any atom is -0.325 e. The molecule has 6 nitrogen and oxygen atoms in total. The Morgan fingerprint density at radius 3 is 2.55 bits per heavy atom. The zero-order valence-corrected chi connectivity index (χ0v) is 19.0. The summed E-state index contributed by atoms with van der Waals surface area (Å²) in [4.78, 5) is 16.5. The van der Waals surface area contributed by atoms with E-state index in [9.17, 15) is 9.18 Å². The van der Waals surface area contributed by atoms with Crippen LogP contribution in [0.2, 0.25) is 5.02 Å². The molecule has 1 amide bonds. The van der Waals surface area contributed by atoms with Crippen LogP contribution in [0.25, 0.3) is 17.1 Å². The number of anilines is 1. The lowest BCUT2D eigenvalue weighted by molar-refractivity contribution is -0.113. The summed E-state index contributed by atoms with van der Waals surface area (Å²) in [6.45, 7) is 0. The van der Waals surface area contributed by atoms with Gasteiger partial charge in [-0.2, -0.15) is 0 Å². The molecule has 0 saturated heterocycles. The molecule has 4 rings (SSSR count). The Labute approximate surface area is 195 Å². The number of rotatable bonds is 6. The molecule has 2 heterocycles. The average Bonchev–Trinajstić information content (AvgIpc) is 3.20. The van der Waals surface area contributed by atoms with Gasteiger partial charge in [0, 0.05) is 33.8 Å². The normalized spacial score (nSPS) is 10.8. The van der Waals surface area contributed by atoms with Crippen molar-refractivity contribution in [2.24, 2.45) is 0 Å². The number of halogens is 3. The molecular weight excluding hydrogens is 505 g/mol. The van der Waals surface area contributed by atoms with Crippen LogP contribution in [0.5, 0.6) is 0 Å². The first kappa shape index (κ1) is 21.5. The molecule has 156 valence electrons. The topological polar surface area (TPSA) is 72.7 Å². The molecule has 31 heavy (non-hydrogen) atoms. The van der Waals surface area contributed by atoms with Crippen LogP contribution in [0.4, 0.5) is 10.1 Å². The zero-order valence-electron chi connectivity index (χ0n) is 15.8. The first-order valence-corrected chi connectivity index (χ1v) is 11.2. The molecule has 4 aromatic rings. The molecule has 2 aromatic carbocycles. The maximum atomic E-state index is 13.3. The van der Waals surface area contributed by atoms with Crippen molar-refractivity contribution in [3.05, 3.63) is 82.3 Å². The molecule has 0 radical (unpaired) electrons. The predicted octanol–water partition coefficient (Wildman–Crippen LogP) is 5.62. The molecule has 10 heteroatoms. The van der Waals surface area contributed by atoms with Gasteiger partial charge in [0.15, 0.2) is 11.0 Å². The lowest BCUT2D eigenvalue weighted by Crippen LogP contribution is -2.14. The van der Waals surface area contributed by atoms with Crippen molar-refractivity contribution in [1.29, 1.82) is 0 Å². The van der Waals surface area contributed by atoms with Gasteiger partial charge in [0.1, 0.15) is 5.82 Å². The van der Waals surface area contributed by atoms with E-state index in [1.54, 1.807) is 12.4 Å². The molecule has 1 N–H and O–H groups in total. The van der Waals surface area contributed by atoms with E-state index in [-0.39, 0.29) is 16.7 Å². The fourth-order valence-corrected chi connectivity index (χ4v) is 3.97. The molecular formula is C21H14BrClFN5OS. The average molecular weight is 519 g/mol. The lowest BCUT2D eigenvalue weighted by atomic mass is 10.2. The minimum atomic E-state index is -0.541. The van der Waals surface area contributed by atoms with Crippen LogP contribution in [0.1, 0.15) is 0 Å². The molecule has 0 spiro atoms. The van der Waals surface area contributed by atoms with Crippen LogP contribution in [-0.4, -0.2) is 31.4 Å². The molecule has 0 aliphatic heterocycles. The summed E-state index contributed by atoms with van der Waals surface area (Å²) in [6.07, 6.45) is 3.37. The van der Waals surface area contributed by atoms with Gasteiger partial charge in [-0.15, -0.1) is 10.2 Å². The van der Waals surface area contributed by atoms with E-state index in [1.807, 2.05) is 41.0 Å². The molecule has 0 unspecified atom stereocenters. The highest BCUT2D eigenvalue weighted by Gasteiger charge is 2.17. The smallest absolute Gasteiger partial charge is 0.234 e. The summed E-state index contributed by atoms with van der Waals surface area (Å²) >= 11 is 10.5. The van der Waals surface area contributed by atoms with E-state index < -0.39 is 5.82 Å². The SMILES string of the molecule is O=C(CSc1nnc(-c2ccncc2)n1-c1ccc(Br)cc1)Nc1ccc(F)c(Cl)c1. The third-order valence-corrected chi connectivity index (χ3v) is 5.94. The number of benzene rings is 2. The molecule has 0 atom stereocenters. The van der Waals surface area contributed by atoms with Crippen molar-refractivity contribution >= 4 is 50.9 Å². The Hall–Kier alpha value is -2.75. The highest BCUT2D eigenvalue weighted by molar-refractivity contribution is 9.10. The van der Waals surface area contributed by atoms with Crippen LogP contribution < -0.4 is 5.32 Å². The first-order valence-electron chi connectivity index (χ1n) is 9.01. The fraction of sp³-hybridized carbons (Fsp3) is 0.0476. The number of nitrogens with one attached hydrogen (secondary N) is 1. The highest BCUT2D eigenvalue weighted by atomic mass is 79.9. The Balaban J connectivity index is 1.57. The Bertz CT molecular complexity index is 1220. The fourth-order valence-electron chi connectivity index (χ4n) is 2.78. The lowest BCUT2D eigenvalue weighted by Gasteiger charge is -2.11. The summed E-state index contributed by atoms with van der Waals surface area (Å²) in [5.74, 6) is -0.0956. The molecule has 0 aliphatic rings. The number of amides is 1. The van der Waals surface area contributed by atoms with Gasteiger partial charge in [-0.05, 0) is 54.6 Å². The summed E-state index contributed by atoms with van der Waals surface area (Å²) in [6, 6.07) is 15.4. The second kappa shape index (κ2) is 9.59. The van der Waals surface area contributed by atoms with Crippen molar-refractivity contribution in [2.45, 2.75) is 5.16 Å². The van der Waals surface area contributed by atoms with E-state index in [4.69, 9.17) is 11.6 Å². The number of carbonyl (C=O) groups is 1. The van der Waals surface area contributed by atoms with Gasteiger partial charge in [-0.1, -0.05) is 39.3 Å². The number of nitrogens with zero attached hydrogens (tertiary/aromatic N) is 4.